The minimum atomic E-state index is -0.697. The molecule has 2 aromatic carbocycles. The molecule has 2 rings (SSSR count). The summed E-state index contributed by atoms with van der Waals surface area (Å²) in [6.45, 7) is 4.33. The molecule has 0 heterocycles. The molecular weight excluding hydrogens is 316 g/mol. The Morgan fingerprint density at radius 2 is 1.76 bits per heavy atom. The number of esters is 1. The van der Waals surface area contributed by atoms with Crippen molar-refractivity contribution in [3.8, 4) is 5.75 Å². The highest BCUT2D eigenvalue weighted by atomic mass is 16.5. The van der Waals surface area contributed by atoms with Crippen LogP contribution in [0, 0.1) is 0 Å². The highest BCUT2D eigenvalue weighted by Crippen LogP contribution is 2.25. The summed E-state index contributed by atoms with van der Waals surface area (Å²) in [5.41, 5.74) is 2.10. The number of aliphatic hydroxyl groups is 1. The number of rotatable bonds is 9. The molecule has 0 fully saturated rings. The number of methoxy groups -OCH3 is 1. The Bertz CT molecular complexity index is 677. The third kappa shape index (κ3) is 5.76. The lowest BCUT2D eigenvalue weighted by molar-refractivity contribution is 0.0498. The smallest absolute Gasteiger partial charge is 0.338 e. The number of hydrogen-bond donors (Lipinski definition) is 1. The Kier molecular flexibility index (Phi) is 7.23. The van der Waals surface area contributed by atoms with E-state index in [0.29, 0.717) is 18.6 Å². The van der Waals surface area contributed by atoms with Crippen LogP contribution in [0.3, 0.4) is 0 Å². The fraction of sp³-hybridized carbons (Fsp3) is 0.286. The van der Waals surface area contributed by atoms with Crippen molar-refractivity contribution in [1.29, 1.82) is 0 Å². The number of carbonyl (C=O) groups excluding carboxylic acids is 1. The first-order valence-corrected chi connectivity index (χ1v) is 8.33. The van der Waals surface area contributed by atoms with Crippen LogP contribution in [-0.2, 0) is 4.74 Å². The van der Waals surface area contributed by atoms with Crippen molar-refractivity contribution in [1.82, 2.24) is 0 Å². The summed E-state index contributed by atoms with van der Waals surface area (Å²) in [6, 6.07) is 16.2. The first-order chi connectivity index (χ1) is 12.1. The zero-order chi connectivity index (χ0) is 18.1. The van der Waals surface area contributed by atoms with Gasteiger partial charge in [0.05, 0.1) is 25.4 Å². The maximum Gasteiger partial charge on any atom is 0.338 e. The standard InChI is InChI=1S/C21H24O4/c1-16(20(22)17-11-13-19(24-2)14-12-17)8-6-7-15-25-21(23)18-9-4-3-5-10-18/h3-5,9-14,20,22H,1,6-8,15H2,2H3. The summed E-state index contributed by atoms with van der Waals surface area (Å²) >= 11 is 0. The van der Waals surface area contributed by atoms with Crippen LogP contribution in [0.1, 0.15) is 41.3 Å². The number of aliphatic hydroxyl groups excluding tert-OH is 1. The Hall–Kier alpha value is -2.59. The fourth-order valence-corrected chi connectivity index (χ4v) is 2.44. The van der Waals surface area contributed by atoms with Gasteiger partial charge in [-0.15, -0.1) is 0 Å². The molecule has 1 unspecified atom stereocenters. The SMILES string of the molecule is C=C(CCCCOC(=O)c1ccccc1)C(O)c1ccc(OC)cc1. The number of ether oxygens (including phenoxy) is 2. The zero-order valence-corrected chi connectivity index (χ0v) is 14.5. The quantitative estimate of drug-likeness (QED) is 0.420. The molecule has 0 aliphatic carbocycles. The van der Waals surface area contributed by atoms with E-state index in [2.05, 4.69) is 6.58 Å². The van der Waals surface area contributed by atoms with Crippen LogP contribution in [0.4, 0.5) is 0 Å². The summed E-state index contributed by atoms with van der Waals surface area (Å²) < 4.78 is 10.3. The maximum absolute atomic E-state index is 11.8. The first-order valence-electron chi connectivity index (χ1n) is 8.33. The van der Waals surface area contributed by atoms with E-state index < -0.39 is 6.10 Å². The van der Waals surface area contributed by atoms with E-state index in [4.69, 9.17) is 9.47 Å². The van der Waals surface area contributed by atoms with Gasteiger partial charge in [0.25, 0.3) is 0 Å². The van der Waals surface area contributed by atoms with Gasteiger partial charge >= 0.3 is 5.97 Å². The second-order valence-corrected chi connectivity index (χ2v) is 5.79. The predicted octanol–water partition coefficient (Wildman–Crippen LogP) is 4.31. The molecule has 0 saturated heterocycles. The summed E-state index contributed by atoms with van der Waals surface area (Å²) in [4.78, 5) is 11.8. The van der Waals surface area contributed by atoms with Gasteiger partial charge in [-0.25, -0.2) is 4.79 Å². The number of carbonyl (C=O) groups is 1. The van der Waals surface area contributed by atoms with Crippen LogP contribution in [0.25, 0.3) is 0 Å². The van der Waals surface area contributed by atoms with Gasteiger partial charge in [-0.3, -0.25) is 0 Å². The van der Waals surface area contributed by atoms with E-state index in [1.54, 1.807) is 31.4 Å². The molecule has 0 aliphatic heterocycles. The highest BCUT2D eigenvalue weighted by molar-refractivity contribution is 5.89. The average molecular weight is 340 g/mol. The number of unbranched alkanes of at least 4 members (excludes halogenated alkanes) is 1. The monoisotopic (exact) mass is 340 g/mol. The molecule has 0 spiro atoms. The molecule has 25 heavy (non-hydrogen) atoms. The van der Waals surface area contributed by atoms with Gasteiger partial charge in [-0.1, -0.05) is 36.9 Å². The van der Waals surface area contributed by atoms with Crippen LogP contribution in [-0.4, -0.2) is 24.8 Å². The molecule has 1 N–H and O–H groups in total. The third-order valence-corrected chi connectivity index (χ3v) is 3.95. The van der Waals surface area contributed by atoms with Crippen molar-refractivity contribution in [3.05, 3.63) is 77.9 Å². The number of benzene rings is 2. The van der Waals surface area contributed by atoms with Gasteiger partial charge in [-0.05, 0) is 54.7 Å². The van der Waals surface area contributed by atoms with Gasteiger partial charge in [0.1, 0.15) is 5.75 Å². The summed E-state index contributed by atoms with van der Waals surface area (Å²) in [5, 5.41) is 10.3. The van der Waals surface area contributed by atoms with Gasteiger partial charge in [-0.2, -0.15) is 0 Å². The van der Waals surface area contributed by atoms with Crippen LogP contribution >= 0.6 is 0 Å². The van der Waals surface area contributed by atoms with E-state index in [0.717, 1.165) is 29.7 Å². The predicted molar refractivity (Wildman–Crippen MR) is 97.7 cm³/mol. The van der Waals surface area contributed by atoms with E-state index in [1.165, 1.54) is 0 Å². The van der Waals surface area contributed by atoms with Crippen LogP contribution in [0.5, 0.6) is 5.75 Å². The Morgan fingerprint density at radius 1 is 1.08 bits per heavy atom. The van der Waals surface area contributed by atoms with Crippen LogP contribution in [0.15, 0.2) is 66.7 Å². The molecule has 0 aromatic heterocycles. The third-order valence-electron chi connectivity index (χ3n) is 3.95. The van der Waals surface area contributed by atoms with Crippen LogP contribution < -0.4 is 4.74 Å². The Labute approximate surface area is 148 Å². The molecular formula is C21H24O4. The molecule has 2 aromatic rings. The van der Waals surface area contributed by atoms with Crippen molar-refractivity contribution in [2.45, 2.75) is 25.4 Å². The van der Waals surface area contributed by atoms with E-state index in [1.807, 2.05) is 30.3 Å². The van der Waals surface area contributed by atoms with E-state index >= 15 is 0 Å². The van der Waals surface area contributed by atoms with Gasteiger partial charge in [0.2, 0.25) is 0 Å². The molecule has 0 amide bonds. The molecule has 0 saturated carbocycles. The maximum atomic E-state index is 11.8. The molecule has 0 aliphatic rings. The van der Waals surface area contributed by atoms with Crippen LogP contribution in [0.2, 0.25) is 0 Å². The van der Waals surface area contributed by atoms with Crippen molar-refractivity contribution < 1.29 is 19.4 Å². The van der Waals surface area contributed by atoms with Crippen molar-refractivity contribution in [2.24, 2.45) is 0 Å². The van der Waals surface area contributed by atoms with Crippen molar-refractivity contribution in [3.63, 3.8) is 0 Å². The highest BCUT2D eigenvalue weighted by Gasteiger charge is 2.12. The minimum absolute atomic E-state index is 0.308. The minimum Gasteiger partial charge on any atom is -0.497 e. The second-order valence-electron chi connectivity index (χ2n) is 5.79. The molecule has 0 radical (unpaired) electrons. The second kappa shape index (κ2) is 9.64. The lowest BCUT2D eigenvalue weighted by Crippen LogP contribution is -2.06. The molecule has 4 heteroatoms. The summed E-state index contributed by atoms with van der Waals surface area (Å²) in [6.07, 6.45) is 1.51. The summed E-state index contributed by atoms with van der Waals surface area (Å²) in [5.74, 6) is 0.444. The number of hydrogen-bond acceptors (Lipinski definition) is 4. The molecule has 1 atom stereocenters. The molecule has 4 nitrogen and oxygen atoms in total. The van der Waals surface area contributed by atoms with E-state index in [-0.39, 0.29) is 5.97 Å². The van der Waals surface area contributed by atoms with Gasteiger partial charge in [0.15, 0.2) is 0 Å². The zero-order valence-electron chi connectivity index (χ0n) is 14.5. The largest absolute Gasteiger partial charge is 0.497 e. The molecule has 0 bridgehead atoms. The van der Waals surface area contributed by atoms with Crippen molar-refractivity contribution in [2.75, 3.05) is 13.7 Å². The lowest BCUT2D eigenvalue weighted by atomic mass is 9.98. The Balaban J connectivity index is 1.68. The lowest BCUT2D eigenvalue weighted by Gasteiger charge is -2.14. The fourth-order valence-electron chi connectivity index (χ4n) is 2.44. The topological polar surface area (TPSA) is 55.8 Å². The summed E-state index contributed by atoms with van der Waals surface area (Å²) in [7, 11) is 1.61. The van der Waals surface area contributed by atoms with Gasteiger partial charge in [0, 0.05) is 0 Å². The first kappa shape index (κ1) is 18.7. The normalized spacial score (nSPS) is 11.6. The average Bonchev–Trinajstić information content (AvgIpc) is 2.67. The Morgan fingerprint density at radius 3 is 2.40 bits per heavy atom. The van der Waals surface area contributed by atoms with Gasteiger partial charge < -0.3 is 14.6 Å². The van der Waals surface area contributed by atoms with E-state index in [9.17, 15) is 9.90 Å². The molecule has 132 valence electrons. The van der Waals surface area contributed by atoms with Crippen molar-refractivity contribution >= 4 is 5.97 Å².